The first-order chi connectivity index (χ1) is 7.97. The van der Waals surface area contributed by atoms with E-state index in [1.165, 1.54) is 6.07 Å². The van der Waals surface area contributed by atoms with Crippen molar-refractivity contribution in [3.63, 3.8) is 0 Å². The molecule has 0 aliphatic heterocycles. The number of benzene rings is 1. The molecule has 0 bridgehead atoms. The molecule has 17 heavy (non-hydrogen) atoms. The second kappa shape index (κ2) is 6.00. The summed E-state index contributed by atoms with van der Waals surface area (Å²) in [5.41, 5.74) is 0.140. The number of carbonyl (C=O) groups excluding carboxylic acids is 1. The van der Waals surface area contributed by atoms with Gasteiger partial charge in [-0.3, -0.25) is 4.79 Å². The summed E-state index contributed by atoms with van der Waals surface area (Å²) >= 11 is 9.03. The van der Waals surface area contributed by atoms with Crippen molar-refractivity contribution >= 4 is 39.4 Å². The van der Waals surface area contributed by atoms with Crippen molar-refractivity contribution in [1.82, 2.24) is 5.32 Å². The average Bonchev–Trinajstić information content (AvgIpc) is 2.28. The molecule has 1 atom stereocenters. The predicted molar refractivity (Wildman–Crippen MR) is 65.1 cm³/mol. The summed E-state index contributed by atoms with van der Waals surface area (Å²) in [6.07, 6.45) is 0. The minimum absolute atomic E-state index is 0.140. The van der Waals surface area contributed by atoms with E-state index in [2.05, 4.69) is 21.2 Å². The second-order valence-corrected chi connectivity index (χ2v) is 4.38. The Labute approximate surface area is 111 Å². The summed E-state index contributed by atoms with van der Waals surface area (Å²) in [6.45, 7) is -0.688. The van der Waals surface area contributed by atoms with Crippen molar-refractivity contribution in [3.8, 4) is 0 Å². The van der Waals surface area contributed by atoms with Crippen LogP contribution in [0.3, 0.4) is 0 Å². The number of carboxylic acid groups (broad SMARTS) is 1. The molecule has 0 radical (unpaired) electrons. The van der Waals surface area contributed by atoms with E-state index in [1.54, 1.807) is 12.1 Å². The van der Waals surface area contributed by atoms with Crippen LogP contribution < -0.4 is 5.32 Å². The first kappa shape index (κ1) is 14.0. The number of hydrogen-bond donors (Lipinski definition) is 3. The molecule has 0 fully saturated rings. The lowest BCUT2D eigenvalue weighted by atomic mass is 10.2. The van der Waals surface area contributed by atoms with E-state index in [-0.39, 0.29) is 10.6 Å². The molecule has 0 saturated carbocycles. The maximum atomic E-state index is 11.7. The lowest BCUT2D eigenvalue weighted by Crippen LogP contribution is -2.43. The monoisotopic (exact) mass is 321 g/mol. The molecule has 1 aromatic carbocycles. The molecular formula is C10H9BrClNO4. The quantitative estimate of drug-likeness (QED) is 0.779. The number of nitrogens with one attached hydrogen (secondary N) is 1. The van der Waals surface area contributed by atoms with Crippen LogP contribution in [0.1, 0.15) is 10.4 Å². The zero-order valence-electron chi connectivity index (χ0n) is 8.48. The van der Waals surface area contributed by atoms with Crippen molar-refractivity contribution in [2.24, 2.45) is 0 Å². The van der Waals surface area contributed by atoms with Crippen LogP contribution in [0.15, 0.2) is 22.7 Å². The van der Waals surface area contributed by atoms with Crippen LogP contribution in [0.25, 0.3) is 0 Å². The van der Waals surface area contributed by atoms with Gasteiger partial charge in [0.05, 0.1) is 17.2 Å². The Hall–Kier alpha value is -1.11. The maximum Gasteiger partial charge on any atom is 0.328 e. The van der Waals surface area contributed by atoms with Gasteiger partial charge in [0.1, 0.15) is 0 Å². The molecule has 0 aliphatic rings. The third-order valence-electron chi connectivity index (χ3n) is 1.98. The van der Waals surface area contributed by atoms with Crippen LogP contribution in [-0.4, -0.2) is 34.7 Å². The van der Waals surface area contributed by atoms with Crippen LogP contribution in [0, 0.1) is 0 Å². The van der Waals surface area contributed by atoms with Gasteiger partial charge >= 0.3 is 5.97 Å². The van der Waals surface area contributed by atoms with Crippen molar-refractivity contribution in [1.29, 1.82) is 0 Å². The SMILES string of the molecule is O=C(N[C@@H](CO)C(=O)O)c1cccc(Br)c1Cl. The Morgan fingerprint density at radius 1 is 1.47 bits per heavy atom. The predicted octanol–water partition coefficient (Wildman–Crippen LogP) is 1.28. The van der Waals surface area contributed by atoms with Gasteiger partial charge in [0.15, 0.2) is 6.04 Å². The highest BCUT2D eigenvalue weighted by molar-refractivity contribution is 9.10. The Morgan fingerprint density at radius 2 is 2.12 bits per heavy atom. The zero-order chi connectivity index (χ0) is 13.0. The van der Waals surface area contributed by atoms with Gasteiger partial charge in [0.25, 0.3) is 5.91 Å². The molecule has 0 aliphatic carbocycles. The molecule has 0 heterocycles. The summed E-state index contributed by atoms with van der Waals surface area (Å²) in [5.74, 6) is -1.97. The fraction of sp³-hybridized carbons (Fsp3) is 0.200. The molecule has 0 unspecified atom stereocenters. The van der Waals surface area contributed by atoms with Gasteiger partial charge in [-0.2, -0.15) is 0 Å². The summed E-state index contributed by atoms with van der Waals surface area (Å²) in [7, 11) is 0. The van der Waals surface area contributed by atoms with Gasteiger partial charge in [0, 0.05) is 4.47 Å². The Bertz CT molecular complexity index is 452. The van der Waals surface area contributed by atoms with Gasteiger partial charge in [-0.1, -0.05) is 17.7 Å². The topological polar surface area (TPSA) is 86.6 Å². The number of aliphatic hydroxyl groups excluding tert-OH is 1. The van der Waals surface area contributed by atoms with Crippen molar-refractivity contribution in [2.45, 2.75) is 6.04 Å². The molecule has 0 saturated heterocycles. The summed E-state index contributed by atoms with van der Waals surface area (Å²) in [5, 5.41) is 19.8. The van der Waals surface area contributed by atoms with Crippen LogP contribution in [0.5, 0.6) is 0 Å². The first-order valence-electron chi connectivity index (χ1n) is 4.56. The number of hydrogen-bond acceptors (Lipinski definition) is 3. The van der Waals surface area contributed by atoms with E-state index in [0.29, 0.717) is 4.47 Å². The van der Waals surface area contributed by atoms with Gasteiger partial charge < -0.3 is 15.5 Å². The zero-order valence-corrected chi connectivity index (χ0v) is 10.8. The number of aliphatic carboxylic acids is 1. The van der Waals surface area contributed by atoms with Crippen molar-refractivity contribution < 1.29 is 19.8 Å². The van der Waals surface area contributed by atoms with Crippen LogP contribution >= 0.6 is 27.5 Å². The van der Waals surface area contributed by atoms with E-state index in [4.69, 9.17) is 21.8 Å². The number of amides is 1. The maximum absolute atomic E-state index is 11.7. The van der Waals surface area contributed by atoms with Gasteiger partial charge in [0.2, 0.25) is 0 Å². The molecule has 3 N–H and O–H groups in total. The van der Waals surface area contributed by atoms with Gasteiger partial charge in [-0.05, 0) is 28.1 Å². The fourth-order valence-electron chi connectivity index (χ4n) is 1.10. The number of rotatable bonds is 4. The molecule has 1 amide bonds. The van der Waals surface area contributed by atoms with Crippen LogP contribution in [0.2, 0.25) is 5.02 Å². The first-order valence-corrected chi connectivity index (χ1v) is 5.73. The largest absolute Gasteiger partial charge is 0.480 e. The molecule has 1 rings (SSSR count). The van der Waals surface area contributed by atoms with E-state index < -0.39 is 24.5 Å². The smallest absolute Gasteiger partial charge is 0.328 e. The molecule has 5 nitrogen and oxygen atoms in total. The summed E-state index contributed by atoms with van der Waals surface area (Å²) < 4.78 is 0.530. The third kappa shape index (κ3) is 3.42. The minimum Gasteiger partial charge on any atom is -0.480 e. The molecule has 0 spiro atoms. The highest BCUT2D eigenvalue weighted by atomic mass is 79.9. The van der Waals surface area contributed by atoms with E-state index in [1.807, 2.05) is 0 Å². The molecule has 0 aromatic heterocycles. The standard InChI is InChI=1S/C10H9BrClNO4/c11-6-3-1-2-5(8(6)12)9(15)13-7(4-14)10(16)17/h1-3,7,14H,4H2,(H,13,15)(H,16,17)/t7-/m0/s1. The fourth-order valence-corrected chi connectivity index (χ4v) is 1.68. The lowest BCUT2D eigenvalue weighted by Gasteiger charge is -2.12. The Kier molecular flexibility index (Phi) is 4.92. The highest BCUT2D eigenvalue weighted by Gasteiger charge is 2.21. The molecular weight excluding hydrogens is 313 g/mol. The second-order valence-electron chi connectivity index (χ2n) is 3.15. The Morgan fingerprint density at radius 3 is 2.65 bits per heavy atom. The highest BCUT2D eigenvalue weighted by Crippen LogP contribution is 2.25. The van der Waals surface area contributed by atoms with E-state index >= 15 is 0 Å². The number of carbonyl (C=O) groups is 2. The molecule has 1 aromatic rings. The number of carboxylic acids is 1. The molecule has 7 heteroatoms. The third-order valence-corrected chi connectivity index (χ3v) is 3.28. The number of halogens is 2. The average molecular weight is 323 g/mol. The minimum atomic E-state index is -1.35. The van der Waals surface area contributed by atoms with E-state index in [9.17, 15) is 9.59 Å². The molecule has 92 valence electrons. The summed E-state index contributed by atoms with van der Waals surface area (Å²) in [6, 6.07) is 3.36. The van der Waals surface area contributed by atoms with Crippen LogP contribution in [0.4, 0.5) is 0 Å². The van der Waals surface area contributed by atoms with Crippen LogP contribution in [-0.2, 0) is 4.79 Å². The van der Waals surface area contributed by atoms with E-state index in [0.717, 1.165) is 0 Å². The summed E-state index contributed by atoms with van der Waals surface area (Å²) in [4.78, 5) is 22.3. The Balaban J connectivity index is 2.90. The van der Waals surface area contributed by atoms with Crippen molar-refractivity contribution in [3.05, 3.63) is 33.3 Å². The van der Waals surface area contributed by atoms with Crippen molar-refractivity contribution in [2.75, 3.05) is 6.61 Å². The normalized spacial score (nSPS) is 11.9. The lowest BCUT2D eigenvalue weighted by molar-refractivity contribution is -0.140. The number of aliphatic hydroxyl groups is 1. The van der Waals surface area contributed by atoms with Gasteiger partial charge in [-0.25, -0.2) is 4.79 Å². The van der Waals surface area contributed by atoms with Gasteiger partial charge in [-0.15, -0.1) is 0 Å².